The fourth-order valence-electron chi connectivity index (χ4n) is 3.62. The van der Waals surface area contributed by atoms with Crippen molar-refractivity contribution in [2.24, 2.45) is 5.92 Å². The summed E-state index contributed by atoms with van der Waals surface area (Å²) in [6.45, 7) is 3.98. The second-order valence-electron chi connectivity index (χ2n) is 6.21. The highest BCUT2D eigenvalue weighted by Gasteiger charge is 2.50. The highest BCUT2D eigenvalue weighted by molar-refractivity contribution is 7.92. The summed E-state index contributed by atoms with van der Waals surface area (Å²) in [5, 5.41) is -0.846. The molecule has 0 aromatic heterocycles. The summed E-state index contributed by atoms with van der Waals surface area (Å²) in [6, 6.07) is 17.6. The molecule has 130 valence electrons. The second-order valence-corrected chi connectivity index (χ2v) is 8.28. The van der Waals surface area contributed by atoms with Gasteiger partial charge in [-0.25, -0.2) is 8.42 Å². The van der Waals surface area contributed by atoms with Crippen molar-refractivity contribution in [3.8, 4) is 0 Å². The van der Waals surface area contributed by atoms with Crippen LogP contribution in [0.1, 0.15) is 17.9 Å². The van der Waals surface area contributed by atoms with Crippen LogP contribution in [-0.2, 0) is 19.4 Å². The molecule has 0 radical (unpaired) electrons. The molecule has 0 saturated heterocycles. The standard InChI is InChI=1S/C20H20O4S/c1-14-13-17(20(21)24-2)18(15-9-5-3-6-10-15)19(14)25(22,23)16-11-7-4-8-12-16/h3-12,17-19H,1,13H2,2H3/t17-,18+,19+/m1/s1. The zero-order valence-corrected chi connectivity index (χ0v) is 14.8. The first-order valence-corrected chi connectivity index (χ1v) is 9.61. The Labute approximate surface area is 148 Å². The first-order chi connectivity index (χ1) is 12.0. The predicted octanol–water partition coefficient (Wildman–Crippen LogP) is 3.36. The molecule has 0 unspecified atom stereocenters. The number of carbonyl (C=O) groups is 1. The molecule has 3 atom stereocenters. The van der Waals surface area contributed by atoms with Gasteiger partial charge < -0.3 is 4.74 Å². The van der Waals surface area contributed by atoms with E-state index in [1.54, 1.807) is 30.3 Å². The van der Waals surface area contributed by atoms with Gasteiger partial charge in [0.15, 0.2) is 9.84 Å². The van der Waals surface area contributed by atoms with Crippen LogP contribution in [0, 0.1) is 5.92 Å². The van der Waals surface area contributed by atoms with Crippen LogP contribution in [-0.4, -0.2) is 26.7 Å². The number of ether oxygens (including phenoxy) is 1. The number of hydrogen-bond acceptors (Lipinski definition) is 4. The molecule has 3 rings (SSSR count). The van der Waals surface area contributed by atoms with E-state index in [0.717, 1.165) is 5.56 Å². The molecule has 2 aromatic carbocycles. The topological polar surface area (TPSA) is 60.4 Å². The lowest BCUT2D eigenvalue weighted by Gasteiger charge is -2.24. The number of carbonyl (C=O) groups excluding carboxylic acids is 1. The average Bonchev–Trinajstić information content (AvgIpc) is 3.00. The van der Waals surface area contributed by atoms with Crippen molar-refractivity contribution in [1.82, 2.24) is 0 Å². The van der Waals surface area contributed by atoms with Crippen LogP contribution in [0.5, 0.6) is 0 Å². The lowest BCUT2D eigenvalue weighted by molar-refractivity contribution is -0.145. The molecule has 1 aliphatic carbocycles. The molecule has 1 saturated carbocycles. The first-order valence-electron chi connectivity index (χ1n) is 8.06. The first kappa shape index (κ1) is 17.4. The molecule has 1 aliphatic rings. The fourth-order valence-corrected chi connectivity index (χ4v) is 5.72. The summed E-state index contributed by atoms with van der Waals surface area (Å²) in [5.41, 5.74) is 1.36. The quantitative estimate of drug-likeness (QED) is 0.622. The molecule has 25 heavy (non-hydrogen) atoms. The van der Waals surface area contributed by atoms with Gasteiger partial charge in [-0.1, -0.05) is 60.7 Å². The number of benzene rings is 2. The van der Waals surface area contributed by atoms with Crippen LogP contribution >= 0.6 is 0 Å². The van der Waals surface area contributed by atoms with Gasteiger partial charge >= 0.3 is 5.97 Å². The summed E-state index contributed by atoms with van der Waals surface area (Å²) in [4.78, 5) is 12.5. The van der Waals surface area contributed by atoms with E-state index in [9.17, 15) is 13.2 Å². The van der Waals surface area contributed by atoms with E-state index in [1.165, 1.54) is 7.11 Å². The van der Waals surface area contributed by atoms with Gasteiger partial charge in [0.25, 0.3) is 0 Å². The molecule has 0 amide bonds. The van der Waals surface area contributed by atoms with Crippen molar-refractivity contribution >= 4 is 15.8 Å². The van der Waals surface area contributed by atoms with Crippen molar-refractivity contribution in [1.29, 1.82) is 0 Å². The average molecular weight is 356 g/mol. The second kappa shape index (κ2) is 6.84. The van der Waals surface area contributed by atoms with Gasteiger partial charge in [0.05, 0.1) is 23.2 Å². The van der Waals surface area contributed by atoms with Crippen LogP contribution in [0.25, 0.3) is 0 Å². The van der Waals surface area contributed by atoms with Crippen LogP contribution in [0.4, 0.5) is 0 Å². The molecule has 0 spiro atoms. The lowest BCUT2D eigenvalue weighted by Crippen LogP contribution is -2.30. The van der Waals surface area contributed by atoms with Gasteiger partial charge in [0, 0.05) is 5.92 Å². The van der Waals surface area contributed by atoms with Crippen molar-refractivity contribution in [3.05, 3.63) is 78.4 Å². The number of rotatable bonds is 4. The molecule has 5 heteroatoms. The van der Waals surface area contributed by atoms with Crippen molar-refractivity contribution < 1.29 is 17.9 Å². The zero-order valence-electron chi connectivity index (χ0n) is 14.0. The van der Waals surface area contributed by atoms with E-state index >= 15 is 0 Å². The van der Waals surface area contributed by atoms with Gasteiger partial charge in [-0.2, -0.15) is 0 Å². The van der Waals surface area contributed by atoms with Crippen LogP contribution < -0.4 is 0 Å². The number of sulfone groups is 1. The third-order valence-corrected chi connectivity index (χ3v) is 6.96. The summed E-state index contributed by atoms with van der Waals surface area (Å²) in [5.74, 6) is -1.46. The van der Waals surface area contributed by atoms with Gasteiger partial charge in [-0.15, -0.1) is 0 Å². The molecule has 0 aliphatic heterocycles. The van der Waals surface area contributed by atoms with Crippen molar-refractivity contribution in [3.63, 3.8) is 0 Å². The molecule has 4 nitrogen and oxygen atoms in total. The number of methoxy groups -OCH3 is 1. The SMILES string of the molecule is C=C1C[C@@H](C(=O)OC)[C@H](c2ccccc2)[C@H]1S(=O)(=O)c1ccccc1. The number of hydrogen-bond donors (Lipinski definition) is 0. The fraction of sp³-hybridized carbons (Fsp3) is 0.250. The van der Waals surface area contributed by atoms with Crippen LogP contribution in [0.2, 0.25) is 0 Å². The largest absolute Gasteiger partial charge is 0.469 e. The molecule has 0 heterocycles. The minimum atomic E-state index is -3.67. The molecule has 2 aromatic rings. The number of esters is 1. The predicted molar refractivity (Wildman–Crippen MR) is 95.9 cm³/mol. The zero-order chi connectivity index (χ0) is 18.0. The Bertz CT molecular complexity index is 872. The monoisotopic (exact) mass is 356 g/mol. The highest BCUT2D eigenvalue weighted by Crippen LogP contribution is 2.47. The Hall–Kier alpha value is -2.40. The minimum absolute atomic E-state index is 0.243. The van der Waals surface area contributed by atoms with Crippen LogP contribution in [0.15, 0.2) is 77.7 Å². The van der Waals surface area contributed by atoms with Gasteiger partial charge in [-0.05, 0) is 24.1 Å². The van der Waals surface area contributed by atoms with Gasteiger partial charge in [-0.3, -0.25) is 4.79 Å². The lowest BCUT2D eigenvalue weighted by atomic mass is 9.89. The maximum atomic E-state index is 13.3. The Balaban J connectivity index is 2.13. The van der Waals surface area contributed by atoms with E-state index < -0.39 is 32.9 Å². The summed E-state index contributed by atoms with van der Waals surface area (Å²) < 4.78 is 31.5. The normalized spacial score (nSPS) is 23.4. The minimum Gasteiger partial charge on any atom is -0.469 e. The van der Waals surface area contributed by atoms with E-state index in [0.29, 0.717) is 12.0 Å². The molecule has 0 N–H and O–H groups in total. The van der Waals surface area contributed by atoms with Crippen molar-refractivity contribution in [2.75, 3.05) is 7.11 Å². The van der Waals surface area contributed by atoms with E-state index in [4.69, 9.17) is 4.74 Å². The molecule has 0 bridgehead atoms. The summed E-state index contributed by atoms with van der Waals surface area (Å²) in [7, 11) is -2.34. The Kier molecular flexibility index (Phi) is 4.77. The van der Waals surface area contributed by atoms with Gasteiger partial charge in [0.2, 0.25) is 0 Å². The third-order valence-electron chi connectivity index (χ3n) is 4.74. The smallest absolute Gasteiger partial charge is 0.309 e. The van der Waals surface area contributed by atoms with E-state index in [1.807, 2.05) is 30.3 Å². The van der Waals surface area contributed by atoms with Gasteiger partial charge in [0.1, 0.15) is 0 Å². The van der Waals surface area contributed by atoms with E-state index in [-0.39, 0.29) is 4.90 Å². The summed E-state index contributed by atoms with van der Waals surface area (Å²) in [6.07, 6.45) is 0.308. The third kappa shape index (κ3) is 3.12. The Morgan fingerprint density at radius 2 is 1.60 bits per heavy atom. The highest BCUT2D eigenvalue weighted by atomic mass is 32.2. The van der Waals surface area contributed by atoms with Crippen LogP contribution in [0.3, 0.4) is 0 Å². The maximum absolute atomic E-state index is 13.3. The molecular weight excluding hydrogens is 336 g/mol. The molecular formula is C20H20O4S. The molecule has 1 fully saturated rings. The Morgan fingerprint density at radius 1 is 1.04 bits per heavy atom. The van der Waals surface area contributed by atoms with Crippen molar-refractivity contribution in [2.45, 2.75) is 22.5 Å². The maximum Gasteiger partial charge on any atom is 0.309 e. The Morgan fingerprint density at radius 3 is 2.16 bits per heavy atom. The van der Waals surface area contributed by atoms with E-state index in [2.05, 4.69) is 6.58 Å². The summed E-state index contributed by atoms with van der Waals surface area (Å²) >= 11 is 0.